The van der Waals surface area contributed by atoms with E-state index in [2.05, 4.69) is 6.08 Å². The Balaban J connectivity index is 2.46. The van der Waals surface area contributed by atoms with Crippen molar-refractivity contribution < 1.29 is 14.3 Å². The number of hydrogen-bond donors (Lipinski definition) is 1. The number of nitrogens with two attached hydrogens (primary N) is 1. The van der Waals surface area contributed by atoms with E-state index in [1.807, 2.05) is 32.9 Å². The van der Waals surface area contributed by atoms with Crippen LogP contribution < -0.4 is 5.73 Å². The average Bonchev–Trinajstić information content (AvgIpc) is 2.27. The number of carbonyl (C=O) groups is 1. The number of hydrogen-bond acceptors (Lipinski definition) is 4. The standard InChI is InChI=1S/C14H23NO3/c1-14(2,3)18-13(16)12(15)9-10-5-7-11(17-4)8-6-10/h5-7,11-12H,8-9,15H2,1-4H3. The molecule has 0 amide bonds. The number of carbonyl (C=O) groups excluding carboxylic acids is 1. The van der Waals surface area contributed by atoms with Crippen LogP contribution in [0.2, 0.25) is 0 Å². The smallest absolute Gasteiger partial charge is 0.323 e. The Morgan fingerprint density at radius 3 is 2.67 bits per heavy atom. The van der Waals surface area contributed by atoms with Gasteiger partial charge in [-0.2, -0.15) is 0 Å². The zero-order valence-electron chi connectivity index (χ0n) is 11.6. The van der Waals surface area contributed by atoms with Gasteiger partial charge in [-0.05, 0) is 39.2 Å². The van der Waals surface area contributed by atoms with Crippen LogP contribution in [0.5, 0.6) is 0 Å². The molecule has 102 valence electrons. The minimum Gasteiger partial charge on any atom is -0.459 e. The highest BCUT2D eigenvalue weighted by Crippen LogP contribution is 2.18. The third-order valence-electron chi connectivity index (χ3n) is 2.61. The topological polar surface area (TPSA) is 61.5 Å². The van der Waals surface area contributed by atoms with E-state index < -0.39 is 11.6 Å². The van der Waals surface area contributed by atoms with Crippen LogP contribution in [0.15, 0.2) is 23.8 Å². The highest BCUT2D eigenvalue weighted by molar-refractivity contribution is 5.76. The third kappa shape index (κ3) is 5.02. The predicted octanol–water partition coefficient (Wildman–Crippen LogP) is 1.95. The first-order valence-electron chi connectivity index (χ1n) is 6.20. The summed E-state index contributed by atoms with van der Waals surface area (Å²) in [7, 11) is 1.68. The van der Waals surface area contributed by atoms with E-state index in [9.17, 15) is 4.79 Å². The summed E-state index contributed by atoms with van der Waals surface area (Å²) in [6.45, 7) is 5.50. The molecule has 0 heterocycles. The fourth-order valence-electron chi connectivity index (χ4n) is 1.69. The molecule has 0 aliphatic heterocycles. The zero-order chi connectivity index (χ0) is 13.8. The number of methoxy groups -OCH3 is 1. The Morgan fingerprint density at radius 1 is 1.56 bits per heavy atom. The van der Waals surface area contributed by atoms with Crippen LogP contribution in [-0.2, 0) is 14.3 Å². The maximum absolute atomic E-state index is 11.7. The van der Waals surface area contributed by atoms with E-state index >= 15 is 0 Å². The van der Waals surface area contributed by atoms with Gasteiger partial charge in [-0.15, -0.1) is 0 Å². The number of esters is 1. The van der Waals surface area contributed by atoms with Crippen molar-refractivity contribution in [2.24, 2.45) is 5.73 Å². The quantitative estimate of drug-likeness (QED) is 0.778. The summed E-state index contributed by atoms with van der Waals surface area (Å²) in [5, 5.41) is 0. The van der Waals surface area contributed by atoms with Crippen molar-refractivity contribution in [3.63, 3.8) is 0 Å². The molecular weight excluding hydrogens is 230 g/mol. The van der Waals surface area contributed by atoms with Gasteiger partial charge in [0.1, 0.15) is 11.6 Å². The molecule has 0 aromatic carbocycles. The van der Waals surface area contributed by atoms with Crippen LogP contribution in [0.3, 0.4) is 0 Å². The fourth-order valence-corrected chi connectivity index (χ4v) is 1.69. The van der Waals surface area contributed by atoms with Crippen molar-refractivity contribution >= 4 is 5.97 Å². The molecule has 1 aliphatic rings. The molecule has 0 saturated heterocycles. The Kier molecular flexibility index (Phi) is 5.11. The normalized spacial score (nSPS) is 21.4. The summed E-state index contributed by atoms with van der Waals surface area (Å²) in [4.78, 5) is 11.7. The summed E-state index contributed by atoms with van der Waals surface area (Å²) in [5.74, 6) is -0.356. The molecule has 0 aromatic rings. The van der Waals surface area contributed by atoms with Gasteiger partial charge in [0.05, 0.1) is 6.10 Å². The first-order valence-corrected chi connectivity index (χ1v) is 6.20. The lowest BCUT2D eigenvalue weighted by molar-refractivity contribution is -0.156. The Labute approximate surface area is 109 Å². The van der Waals surface area contributed by atoms with Crippen molar-refractivity contribution in [2.75, 3.05) is 7.11 Å². The Hall–Kier alpha value is -1.13. The molecule has 1 aliphatic carbocycles. The van der Waals surface area contributed by atoms with Gasteiger partial charge in [-0.1, -0.05) is 18.2 Å². The molecule has 0 bridgehead atoms. The van der Waals surface area contributed by atoms with E-state index in [0.717, 1.165) is 12.0 Å². The third-order valence-corrected chi connectivity index (χ3v) is 2.61. The zero-order valence-corrected chi connectivity index (χ0v) is 11.6. The average molecular weight is 253 g/mol. The van der Waals surface area contributed by atoms with Crippen LogP contribution in [0.1, 0.15) is 33.6 Å². The second kappa shape index (κ2) is 6.16. The summed E-state index contributed by atoms with van der Waals surface area (Å²) in [5.41, 5.74) is 6.41. The molecule has 0 radical (unpaired) electrons. The van der Waals surface area contributed by atoms with E-state index in [1.54, 1.807) is 7.11 Å². The maximum atomic E-state index is 11.7. The molecule has 0 fully saturated rings. The van der Waals surface area contributed by atoms with E-state index in [4.69, 9.17) is 15.2 Å². The minimum absolute atomic E-state index is 0.131. The lowest BCUT2D eigenvalue weighted by atomic mass is 9.99. The summed E-state index contributed by atoms with van der Waals surface area (Å²) >= 11 is 0. The molecule has 1 rings (SSSR count). The molecule has 0 aromatic heterocycles. The molecule has 0 saturated carbocycles. The molecule has 4 heteroatoms. The van der Waals surface area contributed by atoms with Gasteiger partial charge in [0.2, 0.25) is 0 Å². The van der Waals surface area contributed by atoms with Gasteiger partial charge in [0, 0.05) is 7.11 Å². The largest absolute Gasteiger partial charge is 0.459 e. The van der Waals surface area contributed by atoms with Gasteiger partial charge in [0.25, 0.3) is 0 Å². The van der Waals surface area contributed by atoms with Crippen molar-refractivity contribution in [2.45, 2.75) is 51.4 Å². The summed E-state index contributed by atoms with van der Waals surface area (Å²) in [6, 6.07) is -0.612. The lowest BCUT2D eigenvalue weighted by Crippen LogP contribution is -2.37. The predicted molar refractivity (Wildman–Crippen MR) is 71.1 cm³/mol. The van der Waals surface area contributed by atoms with Gasteiger partial charge < -0.3 is 15.2 Å². The highest BCUT2D eigenvalue weighted by atomic mass is 16.6. The fraction of sp³-hybridized carbons (Fsp3) is 0.643. The molecule has 2 atom stereocenters. The number of rotatable bonds is 4. The molecule has 2 N–H and O–H groups in total. The second-order valence-corrected chi connectivity index (χ2v) is 5.49. The van der Waals surface area contributed by atoms with Gasteiger partial charge in [-0.25, -0.2) is 0 Å². The van der Waals surface area contributed by atoms with Gasteiger partial charge in [-0.3, -0.25) is 4.79 Å². The number of allylic oxidation sites excluding steroid dienone is 1. The Morgan fingerprint density at radius 2 is 2.22 bits per heavy atom. The molecule has 4 nitrogen and oxygen atoms in total. The minimum atomic E-state index is -0.612. The summed E-state index contributed by atoms with van der Waals surface area (Å²) in [6.07, 6.45) is 7.45. The van der Waals surface area contributed by atoms with Crippen molar-refractivity contribution in [1.82, 2.24) is 0 Å². The number of ether oxygens (including phenoxy) is 2. The second-order valence-electron chi connectivity index (χ2n) is 5.49. The molecule has 2 unspecified atom stereocenters. The van der Waals surface area contributed by atoms with E-state index in [-0.39, 0.29) is 12.1 Å². The van der Waals surface area contributed by atoms with E-state index in [1.165, 1.54) is 0 Å². The van der Waals surface area contributed by atoms with Crippen LogP contribution >= 0.6 is 0 Å². The first kappa shape index (κ1) is 14.9. The SMILES string of the molecule is COC1C=CC(CC(N)C(=O)OC(C)(C)C)=CC1. The molecule has 0 spiro atoms. The monoisotopic (exact) mass is 253 g/mol. The van der Waals surface area contributed by atoms with Crippen LogP contribution in [-0.4, -0.2) is 30.8 Å². The maximum Gasteiger partial charge on any atom is 0.323 e. The Bertz CT molecular complexity index is 353. The van der Waals surface area contributed by atoms with Crippen LogP contribution in [0.25, 0.3) is 0 Å². The molecule has 18 heavy (non-hydrogen) atoms. The van der Waals surface area contributed by atoms with Crippen molar-refractivity contribution in [3.05, 3.63) is 23.8 Å². The van der Waals surface area contributed by atoms with Crippen molar-refractivity contribution in [3.8, 4) is 0 Å². The highest BCUT2D eigenvalue weighted by Gasteiger charge is 2.23. The van der Waals surface area contributed by atoms with Crippen LogP contribution in [0, 0.1) is 0 Å². The lowest BCUT2D eigenvalue weighted by Gasteiger charge is -2.23. The van der Waals surface area contributed by atoms with Gasteiger partial charge >= 0.3 is 5.97 Å². The van der Waals surface area contributed by atoms with E-state index in [0.29, 0.717) is 6.42 Å². The van der Waals surface area contributed by atoms with Crippen LogP contribution in [0.4, 0.5) is 0 Å². The van der Waals surface area contributed by atoms with Crippen molar-refractivity contribution in [1.29, 1.82) is 0 Å². The first-order chi connectivity index (χ1) is 8.31. The molecular formula is C14H23NO3. The van der Waals surface area contributed by atoms with Gasteiger partial charge in [0.15, 0.2) is 0 Å². The summed E-state index contributed by atoms with van der Waals surface area (Å²) < 4.78 is 10.4.